The SMILES string of the molecule is COC(=O)CNC(=O)C(Nc1ccc(Cl)cc1)c1ccccc1N=[N+]=[N-]. The topological polar surface area (TPSA) is 116 Å². The van der Waals surface area contributed by atoms with E-state index >= 15 is 0 Å². The van der Waals surface area contributed by atoms with E-state index in [0.717, 1.165) is 0 Å². The monoisotopic (exact) mass is 373 g/mol. The van der Waals surface area contributed by atoms with Crippen LogP contribution in [0.5, 0.6) is 0 Å². The highest BCUT2D eigenvalue weighted by atomic mass is 35.5. The first kappa shape index (κ1) is 19.1. The highest BCUT2D eigenvalue weighted by Crippen LogP contribution is 2.29. The fraction of sp³-hybridized carbons (Fsp3) is 0.176. The van der Waals surface area contributed by atoms with Crippen LogP contribution in [0.1, 0.15) is 11.6 Å². The highest BCUT2D eigenvalue weighted by molar-refractivity contribution is 6.30. The third kappa shape index (κ3) is 5.14. The van der Waals surface area contributed by atoms with Crippen molar-refractivity contribution in [3.8, 4) is 0 Å². The van der Waals surface area contributed by atoms with E-state index in [0.29, 0.717) is 22.0 Å². The number of amides is 1. The molecular weight excluding hydrogens is 358 g/mol. The van der Waals surface area contributed by atoms with Crippen molar-refractivity contribution in [2.24, 2.45) is 5.11 Å². The summed E-state index contributed by atoms with van der Waals surface area (Å²) in [6, 6.07) is 12.5. The Kier molecular flexibility index (Phi) is 6.84. The molecule has 0 radical (unpaired) electrons. The van der Waals surface area contributed by atoms with Crippen molar-refractivity contribution in [3.05, 3.63) is 69.6 Å². The molecule has 0 aromatic heterocycles. The Balaban J connectivity index is 2.34. The maximum Gasteiger partial charge on any atom is 0.325 e. The van der Waals surface area contributed by atoms with Crippen molar-refractivity contribution in [1.82, 2.24) is 5.32 Å². The first-order valence-electron chi connectivity index (χ1n) is 7.56. The van der Waals surface area contributed by atoms with E-state index in [-0.39, 0.29) is 6.54 Å². The van der Waals surface area contributed by atoms with Crippen LogP contribution in [0.4, 0.5) is 11.4 Å². The Morgan fingerprint density at radius 1 is 1.23 bits per heavy atom. The first-order chi connectivity index (χ1) is 12.5. The summed E-state index contributed by atoms with van der Waals surface area (Å²) < 4.78 is 4.52. The summed E-state index contributed by atoms with van der Waals surface area (Å²) in [5.41, 5.74) is 10.1. The third-order valence-corrected chi connectivity index (χ3v) is 3.70. The largest absolute Gasteiger partial charge is 0.468 e. The molecular formula is C17H16ClN5O3. The number of ether oxygens (including phenoxy) is 1. The van der Waals surface area contributed by atoms with Crippen molar-refractivity contribution in [2.45, 2.75) is 6.04 Å². The molecule has 2 aromatic rings. The predicted octanol–water partition coefficient (Wildman–Crippen LogP) is 3.72. The van der Waals surface area contributed by atoms with Crippen LogP contribution in [0.2, 0.25) is 5.02 Å². The average molecular weight is 374 g/mol. The van der Waals surface area contributed by atoms with Crippen molar-refractivity contribution < 1.29 is 14.3 Å². The van der Waals surface area contributed by atoms with Gasteiger partial charge in [-0.2, -0.15) is 0 Å². The van der Waals surface area contributed by atoms with Crippen molar-refractivity contribution in [1.29, 1.82) is 0 Å². The minimum absolute atomic E-state index is 0.280. The molecule has 0 saturated carbocycles. The number of nitrogens with one attached hydrogen (secondary N) is 2. The summed E-state index contributed by atoms with van der Waals surface area (Å²) in [6.07, 6.45) is 0. The predicted molar refractivity (Wildman–Crippen MR) is 98.1 cm³/mol. The molecule has 26 heavy (non-hydrogen) atoms. The van der Waals surface area contributed by atoms with Gasteiger partial charge in [0, 0.05) is 21.3 Å². The molecule has 0 aliphatic carbocycles. The number of rotatable bonds is 7. The van der Waals surface area contributed by atoms with Gasteiger partial charge in [0.2, 0.25) is 5.91 Å². The summed E-state index contributed by atoms with van der Waals surface area (Å²) in [5, 5.41) is 9.73. The molecule has 2 N–H and O–H groups in total. The van der Waals surface area contributed by atoms with Gasteiger partial charge in [-0.3, -0.25) is 9.59 Å². The zero-order valence-electron chi connectivity index (χ0n) is 13.8. The zero-order valence-corrected chi connectivity index (χ0v) is 14.6. The second-order valence-electron chi connectivity index (χ2n) is 5.13. The number of halogens is 1. The maximum absolute atomic E-state index is 12.6. The summed E-state index contributed by atoms with van der Waals surface area (Å²) in [6.45, 7) is -0.280. The Labute approximate surface area is 154 Å². The van der Waals surface area contributed by atoms with Crippen LogP contribution < -0.4 is 10.6 Å². The van der Waals surface area contributed by atoms with E-state index in [1.807, 2.05) is 0 Å². The maximum atomic E-state index is 12.6. The van der Waals surface area contributed by atoms with E-state index in [1.54, 1.807) is 48.5 Å². The van der Waals surface area contributed by atoms with E-state index in [4.69, 9.17) is 17.1 Å². The lowest BCUT2D eigenvalue weighted by atomic mass is 10.0. The van der Waals surface area contributed by atoms with Crippen LogP contribution in [0.3, 0.4) is 0 Å². The lowest BCUT2D eigenvalue weighted by Gasteiger charge is -2.21. The summed E-state index contributed by atoms with van der Waals surface area (Å²) in [5.74, 6) is -1.06. The number of azide groups is 1. The normalized spacial score (nSPS) is 11.0. The Morgan fingerprint density at radius 3 is 2.58 bits per heavy atom. The second-order valence-corrected chi connectivity index (χ2v) is 5.56. The standard InChI is InChI=1S/C17H16ClN5O3/c1-26-15(24)10-20-17(25)16(21-12-8-6-11(18)7-9-12)13-4-2-3-5-14(13)22-23-19/h2-9,16,21H,10H2,1H3,(H,20,25). The van der Waals surface area contributed by atoms with Gasteiger partial charge in [0.15, 0.2) is 0 Å². The quantitative estimate of drug-likeness (QED) is 0.333. The van der Waals surface area contributed by atoms with Gasteiger partial charge in [0.25, 0.3) is 0 Å². The average Bonchev–Trinajstić information content (AvgIpc) is 2.66. The zero-order chi connectivity index (χ0) is 18.9. The highest BCUT2D eigenvalue weighted by Gasteiger charge is 2.23. The van der Waals surface area contributed by atoms with Crippen LogP contribution in [0, 0.1) is 0 Å². The van der Waals surface area contributed by atoms with Gasteiger partial charge >= 0.3 is 5.97 Å². The molecule has 1 unspecified atom stereocenters. The van der Waals surface area contributed by atoms with Gasteiger partial charge in [-0.15, -0.1) is 0 Å². The molecule has 0 aliphatic heterocycles. The lowest BCUT2D eigenvalue weighted by Crippen LogP contribution is -2.37. The van der Waals surface area contributed by atoms with E-state index in [9.17, 15) is 9.59 Å². The molecule has 0 bridgehead atoms. The van der Waals surface area contributed by atoms with E-state index in [1.165, 1.54) is 7.11 Å². The van der Waals surface area contributed by atoms with Crippen molar-refractivity contribution >= 4 is 34.9 Å². The van der Waals surface area contributed by atoms with Gasteiger partial charge in [0.05, 0.1) is 7.11 Å². The van der Waals surface area contributed by atoms with E-state index < -0.39 is 17.9 Å². The first-order valence-corrected chi connectivity index (χ1v) is 7.93. The second kappa shape index (κ2) is 9.31. The molecule has 1 amide bonds. The molecule has 0 aliphatic rings. The number of hydrogen-bond acceptors (Lipinski definition) is 5. The molecule has 0 fully saturated rings. The van der Waals surface area contributed by atoms with Gasteiger partial charge in [0.1, 0.15) is 12.6 Å². The molecule has 9 heteroatoms. The fourth-order valence-corrected chi connectivity index (χ4v) is 2.33. The number of nitrogens with zero attached hydrogens (tertiary/aromatic N) is 3. The van der Waals surface area contributed by atoms with Crippen LogP contribution in [-0.2, 0) is 14.3 Å². The number of methoxy groups -OCH3 is 1. The summed E-state index contributed by atoms with van der Waals surface area (Å²) in [4.78, 5) is 26.7. The molecule has 0 spiro atoms. The third-order valence-electron chi connectivity index (χ3n) is 3.45. The number of benzene rings is 2. The van der Waals surface area contributed by atoms with Crippen LogP contribution in [-0.4, -0.2) is 25.5 Å². The molecule has 2 rings (SSSR count). The lowest BCUT2D eigenvalue weighted by molar-refractivity contribution is -0.141. The summed E-state index contributed by atoms with van der Waals surface area (Å²) >= 11 is 5.88. The number of anilines is 1. The number of hydrogen-bond donors (Lipinski definition) is 2. The Morgan fingerprint density at radius 2 is 1.92 bits per heavy atom. The van der Waals surface area contributed by atoms with Crippen LogP contribution in [0.15, 0.2) is 53.6 Å². The van der Waals surface area contributed by atoms with Gasteiger partial charge in [-0.25, -0.2) is 0 Å². The number of esters is 1. The molecule has 0 heterocycles. The minimum Gasteiger partial charge on any atom is -0.468 e. The fourth-order valence-electron chi connectivity index (χ4n) is 2.20. The molecule has 8 nitrogen and oxygen atoms in total. The number of carbonyl (C=O) groups excluding carboxylic acids is 2. The molecule has 0 saturated heterocycles. The van der Waals surface area contributed by atoms with Gasteiger partial charge < -0.3 is 15.4 Å². The van der Waals surface area contributed by atoms with Crippen molar-refractivity contribution in [2.75, 3.05) is 19.0 Å². The van der Waals surface area contributed by atoms with Crippen LogP contribution >= 0.6 is 11.6 Å². The number of carbonyl (C=O) groups is 2. The minimum atomic E-state index is -0.900. The van der Waals surface area contributed by atoms with Crippen LogP contribution in [0.25, 0.3) is 10.4 Å². The Bertz CT molecular complexity index is 835. The van der Waals surface area contributed by atoms with Crippen molar-refractivity contribution in [3.63, 3.8) is 0 Å². The molecule has 134 valence electrons. The van der Waals surface area contributed by atoms with E-state index in [2.05, 4.69) is 25.4 Å². The summed E-state index contributed by atoms with van der Waals surface area (Å²) in [7, 11) is 1.23. The molecule has 2 aromatic carbocycles. The van der Waals surface area contributed by atoms with Gasteiger partial charge in [-0.1, -0.05) is 41.0 Å². The Hall–Kier alpha value is -3.22. The smallest absolute Gasteiger partial charge is 0.325 e. The van der Waals surface area contributed by atoms with Gasteiger partial charge in [-0.05, 0) is 35.4 Å². The molecule has 1 atom stereocenters.